The lowest BCUT2D eigenvalue weighted by Crippen LogP contribution is -2.04. The van der Waals surface area contributed by atoms with Crippen molar-refractivity contribution in [2.75, 3.05) is 0 Å². The molecule has 0 bridgehead atoms. The van der Waals surface area contributed by atoms with Gasteiger partial charge in [0.2, 0.25) is 5.82 Å². The van der Waals surface area contributed by atoms with E-state index in [2.05, 4.69) is 10.1 Å². The molecular weight excluding hydrogens is 335 g/mol. The predicted molar refractivity (Wildman–Crippen MR) is 80.2 cm³/mol. The highest BCUT2D eigenvalue weighted by Gasteiger charge is 2.30. The highest BCUT2D eigenvalue weighted by Crippen LogP contribution is 2.31. The van der Waals surface area contributed by atoms with Crippen molar-refractivity contribution in [1.82, 2.24) is 10.1 Å². The Kier molecular flexibility index (Phi) is 4.39. The number of halogens is 3. The first kappa shape index (κ1) is 16.5. The highest BCUT2D eigenvalue weighted by atomic mass is 19.4. The first-order chi connectivity index (χ1) is 12.0. The number of nitriles is 1. The average molecular weight is 345 g/mol. The Balaban J connectivity index is 1.76. The molecule has 25 heavy (non-hydrogen) atoms. The van der Waals surface area contributed by atoms with Crippen LogP contribution in [0, 0.1) is 11.3 Å². The third kappa shape index (κ3) is 3.77. The van der Waals surface area contributed by atoms with E-state index in [1.165, 1.54) is 12.1 Å². The van der Waals surface area contributed by atoms with Crippen LogP contribution in [0.1, 0.15) is 17.0 Å². The van der Waals surface area contributed by atoms with Gasteiger partial charge in [-0.05, 0) is 24.3 Å². The molecule has 0 fully saturated rings. The molecule has 3 aromatic rings. The summed E-state index contributed by atoms with van der Waals surface area (Å²) < 4.78 is 48.7. The maximum Gasteiger partial charge on any atom is 0.416 e. The highest BCUT2D eigenvalue weighted by molar-refractivity contribution is 5.55. The van der Waals surface area contributed by atoms with E-state index < -0.39 is 11.7 Å². The molecule has 0 amide bonds. The molecule has 0 N–H and O–H groups in total. The molecule has 0 saturated heterocycles. The number of hydrogen-bond donors (Lipinski definition) is 0. The van der Waals surface area contributed by atoms with E-state index >= 15 is 0 Å². The summed E-state index contributed by atoms with van der Waals surface area (Å²) in [5.41, 5.74) is -0.266. The molecular formula is C17H10F3N3O2. The SMILES string of the molecule is N#Cc1ccccc1OCc1nc(-c2cccc(C(F)(F)F)c2)no1. The van der Waals surface area contributed by atoms with Gasteiger partial charge in [-0.2, -0.15) is 23.4 Å². The molecule has 8 heteroatoms. The van der Waals surface area contributed by atoms with E-state index in [1.54, 1.807) is 24.3 Å². The molecule has 3 rings (SSSR count). The van der Waals surface area contributed by atoms with Crippen molar-refractivity contribution in [3.8, 4) is 23.2 Å². The van der Waals surface area contributed by atoms with Gasteiger partial charge in [-0.1, -0.05) is 29.4 Å². The second kappa shape index (κ2) is 6.65. The average Bonchev–Trinajstić information content (AvgIpc) is 3.08. The second-order valence-corrected chi connectivity index (χ2v) is 4.99. The maximum atomic E-state index is 12.8. The number of aromatic nitrogens is 2. The third-order valence-electron chi connectivity index (χ3n) is 3.27. The zero-order valence-electron chi connectivity index (χ0n) is 12.6. The number of nitrogens with zero attached hydrogens (tertiary/aromatic N) is 3. The molecule has 0 spiro atoms. The second-order valence-electron chi connectivity index (χ2n) is 4.99. The van der Waals surface area contributed by atoms with Crippen LogP contribution in [-0.2, 0) is 12.8 Å². The van der Waals surface area contributed by atoms with Gasteiger partial charge >= 0.3 is 6.18 Å². The van der Waals surface area contributed by atoms with Gasteiger partial charge in [0.25, 0.3) is 5.89 Å². The van der Waals surface area contributed by atoms with E-state index in [0.29, 0.717) is 11.3 Å². The monoisotopic (exact) mass is 345 g/mol. The molecule has 126 valence electrons. The van der Waals surface area contributed by atoms with Gasteiger partial charge in [-0.15, -0.1) is 0 Å². The van der Waals surface area contributed by atoms with E-state index in [9.17, 15) is 13.2 Å². The summed E-state index contributed by atoms with van der Waals surface area (Å²) in [6.07, 6.45) is -4.45. The van der Waals surface area contributed by atoms with Crippen molar-refractivity contribution in [3.63, 3.8) is 0 Å². The number of rotatable bonds is 4. The summed E-state index contributed by atoms with van der Waals surface area (Å²) in [4.78, 5) is 4.02. The van der Waals surface area contributed by atoms with Gasteiger partial charge in [-0.25, -0.2) is 0 Å². The largest absolute Gasteiger partial charge is 0.482 e. The van der Waals surface area contributed by atoms with Gasteiger partial charge in [0, 0.05) is 5.56 Å². The smallest absolute Gasteiger partial charge is 0.416 e. The number of alkyl halides is 3. The van der Waals surface area contributed by atoms with Crippen LogP contribution in [0.5, 0.6) is 5.75 Å². The minimum Gasteiger partial charge on any atom is -0.482 e. The standard InChI is InChI=1S/C17H10F3N3O2/c18-17(19,20)13-6-3-5-11(8-13)16-22-15(25-23-16)10-24-14-7-2-1-4-12(14)9-21/h1-8H,10H2. The van der Waals surface area contributed by atoms with Crippen molar-refractivity contribution in [2.24, 2.45) is 0 Å². The molecule has 0 saturated carbocycles. The topological polar surface area (TPSA) is 71.9 Å². The Morgan fingerprint density at radius 1 is 1.12 bits per heavy atom. The molecule has 0 aliphatic rings. The van der Waals surface area contributed by atoms with Crippen molar-refractivity contribution in [3.05, 3.63) is 65.5 Å². The van der Waals surface area contributed by atoms with Crippen molar-refractivity contribution < 1.29 is 22.4 Å². The molecule has 0 unspecified atom stereocenters. The third-order valence-corrected chi connectivity index (χ3v) is 3.27. The molecule has 1 heterocycles. The molecule has 0 aliphatic heterocycles. The van der Waals surface area contributed by atoms with Crippen molar-refractivity contribution >= 4 is 0 Å². The van der Waals surface area contributed by atoms with Crippen LogP contribution in [0.15, 0.2) is 53.1 Å². The summed E-state index contributed by atoms with van der Waals surface area (Å²) in [7, 11) is 0. The van der Waals surface area contributed by atoms with Gasteiger partial charge in [0.05, 0.1) is 11.1 Å². The Morgan fingerprint density at radius 2 is 1.92 bits per heavy atom. The lowest BCUT2D eigenvalue weighted by Gasteiger charge is -2.06. The minimum atomic E-state index is -4.45. The Labute approximate surface area is 140 Å². The van der Waals surface area contributed by atoms with Crippen LogP contribution in [0.3, 0.4) is 0 Å². The molecule has 0 atom stereocenters. The van der Waals surface area contributed by atoms with E-state index in [1.807, 2.05) is 6.07 Å². The first-order valence-electron chi connectivity index (χ1n) is 7.09. The quantitative estimate of drug-likeness (QED) is 0.708. The van der Waals surface area contributed by atoms with Crippen molar-refractivity contribution in [1.29, 1.82) is 5.26 Å². The van der Waals surface area contributed by atoms with Crippen LogP contribution in [0.25, 0.3) is 11.4 Å². The lowest BCUT2D eigenvalue weighted by atomic mass is 10.1. The summed E-state index contributed by atoms with van der Waals surface area (Å²) in [6.45, 7) is -0.106. The lowest BCUT2D eigenvalue weighted by molar-refractivity contribution is -0.137. The van der Waals surface area contributed by atoms with Gasteiger partial charge in [0.1, 0.15) is 11.8 Å². The zero-order valence-corrected chi connectivity index (χ0v) is 12.6. The summed E-state index contributed by atoms with van der Waals surface area (Å²) in [5, 5.41) is 12.7. The Hall–Kier alpha value is -3.34. The molecule has 0 aliphatic carbocycles. The number of ether oxygens (including phenoxy) is 1. The van der Waals surface area contributed by atoms with Crippen LogP contribution >= 0.6 is 0 Å². The van der Waals surface area contributed by atoms with Gasteiger partial charge in [-0.3, -0.25) is 0 Å². The first-order valence-corrected chi connectivity index (χ1v) is 7.09. The van der Waals surface area contributed by atoms with Crippen LogP contribution in [0.2, 0.25) is 0 Å². The number of benzene rings is 2. The Morgan fingerprint density at radius 3 is 2.68 bits per heavy atom. The van der Waals surface area contributed by atoms with Crippen molar-refractivity contribution in [2.45, 2.75) is 12.8 Å². The fraction of sp³-hybridized carbons (Fsp3) is 0.118. The maximum absolute atomic E-state index is 12.8. The number of hydrogen-bond acceptors (Lipinski definition) is 5. The fourth-order valence-corrected chi connectivity index (χ4v) is 2.09. The zero-order chi connectivity index (χ0) is 17.9. The summed E-state index contributed by atoms with van der Waals surface area (Å²) >= 11 is 0. The predicted octanol–water partition coefficient (Wildman–Crippen LogP) is 4.21. The van der Waals surface area contributed by atoms with Crippen LogP contribution in [-0.4, -0.2) is 10.1 Å². The van der Waals surface area contributed by atoms with Gasteiger partial charge < -0.3 is 9.26 Å². The van der Waals surface area contributed by atoms with E-state index in [0.717, 1.165) is 12.1 Å². The number of para-hydroxylation sites is 1. The van der Waals surface area contributed by atoms with E-state index in [-0.39, 0.29) is 23.9 Å². The van der Waals surface area contributed by atoms with Crippen LogP contribution in [0.4, 0.5) is 13.2 Å². The van der Waals surface area contributed by atoms with Crippen LogP contribution < -0.4 is 4.74 Å². The minimum absolute atomic E-state index is 0.0262. The normalized spacial score (nSPS) is 11.1. The Bertz CT molecular complexity index is 929. The summed E-state index contributed by atoms with van der Waals surface area (Å²) in [6, 6.07) is 13.2. The fourth-order valence-electron chi connectivity index (χ4n) is 2.09. The summed E-state index contributed by atoms with van der Waals surface area (Å²) in [5.74, 6) is 0.460. The van der Waals surface area contributed by atoms with E-state index in [4.69, 9.17) is 14.5 Å². The molecule has 2 aromatic carbocycles. The molecule has 1 aromatic heterocycles. The molecule has 5 nitrogen and oxygen atoms in total. The van der Waals surface area contributed by atoms with Gasteiger partial charge in [0.15, 0.2) is 6.61 Å². The molecule has 0 radical (unpaired) electrons.